The van der Waals surface area contributed by atoms with E-state index < -0.39 is 30.4 Å². The van der Waals surface area contributed by atoms with Crippen LogP contribution in [0.1, 0.15) is 21.5 Å². The summed E-state index contributed by atoms with van der Waals surface area (Å²) in [6, 6.07) is 20.2. The van der Waals surface area contributed by atoms with E-state index in [9.17, 15) is 14.4 Å². The van der Waals surface area contributed by atoms with Gasteiger partial charge in [0, 0.05) is 40.7 Å². The number of ether oxygens (including phenoxy) is 2. The third-order valence-corrected chi connectivity index (χ3v) is 6.04. The fraction of sp³-hybridized carbons (Fsp3) is 0.179. The van der Waals surface area contributed by atoms with Crippen LogP contribution in [0.15, 0.2) is 79.0 Å². The van der Waals surface area contributed by atoms with Crippen molar-refractivity contribution in [1.82, 2.24) is 15.6 Å². The lowest BCUT2D eigenvalue weighted by atomic mass is 10.0. The van der Waals surface area contributed by atoms with E-state index >= 15 is 0 Å². The third kappa shape index (κ3) is 6.89. The first-order valence-electron chi connectivity index (χ1n) is 11.6. The molecule has 37 heavy (non-hydrogen) atoms. The summed E-state index contributed by atoms with van der Waals surface area (Å²) in [6.45, 7) is -0.206. The maximum absolute atomic E-state index is 13.0. The van der Waals surface area contributed by atoms with E-state index in [-0.39, 0.29) is 13.0 Å². The van der Waals surface area contributed by atoms with Crippen LogP contribution in [0.25, 0.3) is 10.9 Å². The van der Waals surface area contributed by atoms with Crippen LogP contribution in [0.2, 0.25) is 5.02 Å². The van der Waals surface area contributed by atoms with E-state index in [2.05, 4.69) is 15.6 Å². The number of benzene rings is 3. The van der Waals surface area contributed by atoms with E-state index in [0.717, 1.165) is 22.0 Å². The Bertz CT molecular complexity index is 1380. The summed E-state index contributed by atoms with van der Waals surface area (Å²) in [5, 5.41) is 6.87. The molecule has 3 N–H and O–H groups in total. The van der Waals surface area contributed by atoms with Crippen molar-refractivity contribution < 1.29 is 23.9 Å². The van der Waals surface area contributed by atoms with Gasteiger partial charge in [0.25, 0.3) is 11.8 Å². The molecule has 4 aromatic rings. The van der Waals surface area contributed by atoms with Gasteiger partial charge < -0.3 is 25.1 Å². The summed E-state index contributed by atoms with van der Waals surface area (Å²) in [7, 11) is 1.58. The van der Waals surface area contributed by atoms with Crippen LogP contribution in [0.5, 0.6) is 5.75 Å². The molecule has 3 aromatic carbocycles. The lowest BCUT2D eigenvalue weighted by molar-refractivity contribution is -0.150. The second kappa shape index (κ2) is 12.1. The molecule has 9 heteroatoms. The number of fused-ring (bicyclic) bond motifs is 1. The van der Waals surface area contributed by atoms with Crippen LogP contribution < -0.4 is 15.4 Å². The van der Waals surface area contributed by atoms with Crippen LogP contribution in [-0.4, -0.2) is 42.5 Å². The number of aromatic amines is 1. The second-order valence-corrected chi connectivity index (χ2v) is 8.77. The SMILES string of the molecule is COc1ccc(CNC(=O)COC(=O)C(Cc2c[nH]c3ccccc23)NC(=O)c2ccc(Cl)cc2)cc1. The topological polar surface area (TPSA) is 110 Å². The number of hydrogen-bond acceptors (Lipinski definition) is 5. The number of H-pyrrole nitrogens is 1. The van der Waals surface area contributed by atoms with Gasteiger partial charge in [0.05, 0.1) is 7.11 Å². The van der Waals surface area contributed by atoms with Gasteiger partial charge in [-0.05, 0) is 53.6 Å². The van der Waals surface area contributed by atoms with E-state index in [1.54, 1.807) is 49.7 Å². The number of nitrogens with one attached hydrogen (secondary N) is 3. The molecule has 0 bridgehead atoms. The third-order valence-electron chi connectivity index (χ3n) is 5.79. The van der Waals surface area contributed by atoms with Crippen molar-refractivity contribution in [2.24, 2.45) is 0 Å². The number of rotatable bonds is 10. The fourth-order valence-corrected chi connectivity index (χ4v) is 3.91. The van der Waals surface area contributed by atoms with Crippen molar-refractivity contribution in [1.29, 1.82) is 0 Å². The highest BCUT2D eigenvalue weighted by Gasteiger charge is 2.25. The van der Waals surface area contributed by atoms with Gasteiger partial charge in [-0.2, -0.15) is 0 Å². The van der Waals surface area contributed by atoms with Gasteiger partial charge in [0.15, 0.2) is 6.61 Å². The molecule has 2 amide bonds. The molecule has 1 atom stereocenters. The number of aromatic nitrogens is 1. The maximum atomic E-state index is 13.0. The van der Waals surface area contributed by atoms with Crippen LogP contribution in [-0.2, 0) is 27.3 Å². The molecular formula is C28H26ClN3O5. The van der Waals surface area contributed by atoms with Crippen molar-refractivity contribution >= 4 is 40.3 Å². The smallest absolute Gasteiger partial charge is 0.329 e. The van der Waals surface area contributed by atoms with Crippen LogP contribution >= 0.6 is 11.6 Å². The lowest BCUT2D eigenvalue weighted by Crippen LogP contribution is -2.44. The highest BCUT2D eigenvalue weighted by atomic mass is 35.5. The molecule has 4 rings (SSSR count). The molecule has 0 fully saturated rings. The summed E-state index contributed by atoms with van der Waals surface area (Å²) in [5.41, 5.74) is 2.95. The Morgan fingerprint density at radius 3 is 2.43 bits per heavy atom. The van der Waals surface area contributed by atoms with Gasteiger partial charge in [0.1, 0.15) is 11.8 Å². The molecule has 0 aliphatic heterocycles. The average molecular weight is 520 g/mol. The molecular weight excluding hydrogens is 494 g/mol. The van der Waals surface area contributed by atoms with Crippen LogP contribution in [0.4, 0.5) is 0 Å². The van der Waals surface area contributed by atoms with E-state index in [1.165, 1.54) is 0 Å². The zero-order chi connectivity index (χ0) is 26.2. The molecule has 1 aromatic heterocycles. The summed E-state index contributed by atoms with van der Waals surface area (Å²) >= 11 is 5.92. The Morgan fingerprint density at radius 2 is 1.70 bits per heavy atom. The summed E-state index contributed by atoms with van der Waals surface area (Å²) < 4.78 is 10.4. The largest absolute Gasteiger partial charge is 0.497 e. The number of carbonyl (C=O) groups is 3. The number of amides is 2. The van der Waals surface area contributed by atoms with Gasteiger partial charge in [0.2, 0.25) is 0 Å². The van der Waals surface area contributed by atoms with E-state index in [1.807, 2.05) is 36.4 Å². The molecule has 0 aliphatic rings. The van der Waals surface area contributed by atoms with Gasteiger partial charge in [-0.3, -0.25) is 9.59 Å². The minimum atomic E-state index is -1.02. The van der Waals surface area contributed by atoms with E-state index in [0.29, 0.717) is 16.3 Å². The summed E-state index contributed by atoms with van der Waals surface area (Å²) in [5.74, 6) is -0.917. The standard InChI is InChI=1S/C28H26ClN3O5/c1-36-22-12-6-18(7-13-22)15-31-26(33)17-37-28(35)25(32-27(34)19-8-10-21(29)11-9-19)14-20-16-30-24-5-3-2-4-23(20)24/h2-13,16,25,30H,14-15,17H2,1H3,(H,31,33)(H,32,34). The molecule has 1 unspecified atom stereocenters. The average Bonchev–Trinajstić information content (AvgIpc) is 3.33. The number of carbonyl (C=O) groups excluding carboxylic acids is 3. The van der Waals surface area contributed by atoms with Crippen LogP contribution in [0, 0.1) is 0 Å². The molecule has 0 aliphatic carbocycles. The van der Waals surface area contributed by atoms with Gasteiger partial charge >= 0.3 is 5.97 Å². The zero-order valence-corrected chi connectivity index (χ0v) is 20.9. The van der Waals surface area contributed by atoms with Crippen molar-refractivity contribution in [3.63, 3.8) is 0 Å². The molecule has 0 spiro atoms. The first kappa shape index (κ1) is 25.8. The predicted molar refractivity (Wildman–Crippen MR) is 141 cm³/mol. The van der Waals surface area contributed by atoms with Gasteiger partial charge in [-0.25, -0.2) is 4.79 Å². The van der Waals surface area contributed by atoms with Gasteiger partial charge in [-0.15, -0.1) is 0 Å². The molecule has 0 radical (unpaired) electrons. The van der Waals surface area contributed by atoms with Crippen LogP contribution in [0.3, 0.4) is 0 Å². The molecule has 0 saturated carbocycles. The normalized spacial score (nSPS) is 11.5. The number of methoxy groups -OCH3 is 1. The molecule has 8 nitrogen and oxygen atoms in total. The minimum absolute atomic E-state index is 0.176. The highest BCUT2D eigenvalue weighted by Crippen LogP contribution is 2.20. The van der Waals surface area contributed by atoms with Crippen molar-refractivity contribution in [2.45, 2.75) is 19.0 Å². The first-order chi connectivity index (χ1) is 17.9. The predicted octanol–water partition coefficient (Wildman–Crippen LogP) is 4.03. The second-order valence-electron chi connectivity index (χ2n) is 8.33. The van der Waals surface area contributed by atoms with Crippen molar-refractivity contribution in [3.05, 3.63) is 101 Å². The fourth-order valence-electron chi connectivity index (χ4n) is 3.79. The number of halogens is 1. The lowest BCUT2D eigenvalue weighted by Gasteiger charge is -2.18. The van der Waals surface area contributed by atoms with Crippen molar-refractivity contribution in [3.8, 4) is 5.75 Å². The summed E-state index contributed by atoms with van der Waals surface area (Å²) in [6.07, 6.45) is 1.97. The quantitative estimate of drug-likeness (QED) is 0.274. The molecule has 190 valence electrons. The van der Waals surface area contributed by atoms with Gasteiger partial charge in [-0.1, -0.05) is 41.9 Å². The Hall–Kier alpha value is -4.30. The number of esters is 1. The monoisotopic (exact) mass is 519 g/mol. The van der Waals surface area contributed by atoms with Crippen molar-refractivity contribution in [2.75, 3.05) is 13.7 Å². The Kier molecular flexibility index (Phi) is 8.43. The zero-order valence-electron chi connectivity index (χ0n) is 20.1. The Balaban J connectivity index is 1.40. The summed E-state index contributed by atoms with van der Waals surface area (Å²) in [4.78, 5) is 41.3. The number of hydrogen-bond donors (Lipinski definition) is 3. The minimum Gasteiger partial charge on any atom is -0.497 e. The highest BCUT2D eigenvalue weighted by molar-refractivity contribution is 6.30. The molecule has 0 saturated heterocycles. The maximum Gasteiger partial charge on any atom is 0.329 e. The Morgan fingerprint density at radius 1 is 0.973 bits per heavy atom. The molecule has 1 heterocycles. The first-order valence-corrected chi connectivity index (χ1v) is 12.0. The number of para-hydroxylation sites is 1. The Labute approximate surface area is 218 Å². The van der Waals surface area contributed by atoms with E-state index in [4.69, 9.17) is 21.1 Å².